The van der Waals surface area contributed by atoms with Gasteiger partial charge in [-0.2, -0.15) is 10.1 Å². The second-order valence-corrected chi connectivity index (χ2v) is 3.74. The predicted octanol–water partition coefficient (Wildman–Crippen LogP) is 2.02. The molecule has 82 valence electrons. The van der Waals surface area contributed by atoms with Gasteiger partial charge in [0.2, 0.25) is 5.95 Å². The van der Waals surface area contributed by atoms with Gasteiger partial charge in [-0.25, -0.2) is 5.10 Å². The van der Waals surface area contributed by atoms with Crippen LogP contribution in [0, 0.1) is 6.92 Å². The van der Waals surface area contributed by atoms with Gasteiger partial charge in [0.25, 0.3) is 5.91 Å². The number of halogens is 1. The number of carbonyl (C=O) groups is 1. The first-order chi connectivity index (χ1) is 7.65. The topological polar surface area (TPSA) is 70.7 Å². The zero-order valence-corrected chi connectivity index (χ0v) is 9.25. The summed E-state index contributed by atoms with van der Waals surface area (Å²) in [5.74, 6) is 0.0324. The number of benzene rings is 1. The van der Waals surface area contributed by atoms with E-state index in [0.717, 1.165) is 5.56 Å². The number of aromatic amines is 1. The Morgan fingerprint density at radius 2 is 2.25 bits per heavy atom. The van der Waals surface area contributed by atoms with Gasteiger partial charge in [0, 0.05) is 10.6 Å². The maximum atomic E-state index is 11.8. The lowest BCUT2D eigenvalue weighted by Gasteiger charge is -2.03. The van der Waals surface area contributed by atoms with E-state index in [4.69, 9.17) is 11.6 Å². The average molecular weight is 237 g/mol. The van der Waals surface area contributed by atoms with E-state index in [9.17, 15) is 4.79 Å². The van der Waals surface area contributed by atoms with Crippen molar-refractivity contribution in [2.75, 3.05) is 5.32 Å². The number of aryl methyl sites for hydroxylation is 1. The molecule has 6 heteroatoms. The zero-order valence-electron chi connectivity index (χ0n) is 8.49. The van der Waals surface area contributed by atoms with Crippen LogP contribution in [0.2, 0.25) is 5.02 Å². The van der Waals surface area contributed by atoms with Gasteiger partial charge in [-0.1, -0.05) is 11.6 Å². The molecule has 0 fully saturated rings. The zero-order chi connectivity index (χ0) is 11.5. The lowest BCUT2D eigenvalue weighted by molar-refractivity contribution is 0.102. The highest BCUT2D eigenvalue weighted by molar-refractivity contribution is 6.31. The molecule has 1 heterocycles. The molecule has 16 heavy (non-hydrogen) atoms. The lowest BCUT2D eigenvalue weighted by atomic mass is 10.1. The van der Waals surface area contributed by atoms with Crippen LogP contribution in [0.4, 0.5) is 5.95 Å². The number of amides is 1. The number of anilines is 1. The van der Waals surface area contributed by atoms with Gasteiger partial charge in [-0.05, 0) is 30.7 Å². The third kappa shape index (κ3) is 2.38. The van der Waals surface area contributed by atoms with Crippen LogP contribution in [0.25, 0.3) is 0 Å². The molecule has 2 N–H and O–H groups in total. The minimum Gasteiger partial charge on any atom is -0.291 e. The Morgan fingerprint density at radius 1 is 1.44 bits per heavy atom. The number of hydrogen-bond donors (Lipinski definition) is 2. The minimum atomic E-state index is -0.276. The molecule has 0 radical (unpaired) electrons. The van der Waals surface area contributed by atoms with Crippen molar-refractivity contribution in [1.29, 1.82) is 0 Å². The number of aromatic nitrogens is 3. The molecule has 0 saturated heterocycles. The third-order valence-corrected chi connectivity index (χ3v) is 2.17. The molecule has 1 amide bonds. The molecule has 0 unspecified atom stereocenters. The van der Waals surface area contributed by atoms with Crippen LogP contribution < -0.4 is 5.32 Å². The smallest absolute Gasteiger partial charge is 0.258 e. The van der Waals surface area contributed by atoms with Crippen LogP contribution in [0.15, 0.2) is 24.5 Å². The summed E-state index contributed by atoms with van der Waals surface area (Å²) < 4.78 is 0. The van der Waals surface area contributed by atoms with Crippen molar-refractivity contribution < 1.29 is 4.79 Å². The third-order valence-electron chi connectivity index (χ3n) is 1.95. The summed E-state index contributed by atoms with van der Waals surface area (Å²) in [6.45, 7) is 1.87. The molecule has 0 saturated carbocycles. The minimum absolute atomic E-state index is 0.276. The van der Waals surface area contributed by atoms with Crippen molar-refractivity contribution in [2.45, 2.75) is 6.92 Å². The highest BCUT2D eigenvalue weighted by atomic mass is 35.5. The van der Waals surface area contributed by atoms with E-state index >= 15 is 0 Å². The monoisotopic (exact) mass is 236 g/mol. The Hall–Kier alpha value is -1.88. The highest BCUT2D eigenvalue weighted by Gasteiger charge is 2.08. The summed E-state index contributed by atoms with van der Waals surface area (Å²) in [6.07, 6.45) is 1.32. The van der Waals surface area contributed by atoms with Crippen molar-refractivity contribution in [2.24, 2.45) is 0 Å². The van der Waals surface area contributed by atoms with E-state index in [1.54, 1.807) is 18.2 Å². The quantitative estimate of drug-likeness (QED) is 0.838. The Bertz CT molecular complexity index is 489. The van der Waals surface area contributed by atoms with E-state index in [0.29, 0.717) is 16.5 Å². The van der Waals surface area contributed by atoms with Crippen LogP contribution in [-0.4, -0.2) is 21.1 Å². The van der Waals surface area contributed by atoms with E-state index in [1.807, 2.05) is 6.92 Å². The first-order valence-electron chi connectivity index (χ1n) is 4.59. The number of H-pyrrole nitrogens is 1. The molecule has 0 bridgehead atoms. The Morgan fingerprint density at radius 3 is 2.88 bits per heavy atom. The molecule has 2 rings (SSSR count). The number of nitrogens with zero attached hydrogens (tertiary/aromatic N) is 2. The van der Waals surface area contributed by atoms with Gasteiger partial charge in [0.15, 0.2) is 0 Å². The first kappa shape index (κ1) is 10.6. The summed E-state index contributed by atoms with van der Waals surface area (Å²) >= 11 is 5.86. The molecule has 0 aliphatic carbocycles. The van der Waals surface area contributed by atoms with Crippen molar-refractivity contribution in [3.05, 3.63) is 40.7 Å². The summed E-state index contributed by atoms with van der Waals surface area (Å²) in [5, 5.41) is 9.26. The molecular weight excluding hydrogens is 228 g/mol. The number of hydrogen-bond acceptors (Lipinski definition) is 3. The molecule has 0 spiro atoms. The largest absolute Gasteiger partial charge is 0.291 e. The molecular formula is C10H9ClN4O. The van der Waals surface area contributed by atoms with Gasteiger partial charge in [-0.3, -0.25) is 10.1 Å². The molecule has 1 aromatic heterocycles. The van der Waals surface area contributed by atoms with E-state index < -0.39 is 0 Å². The number of nitrogens with one attached hydrogen (secondary N) is 2. The average Bonchev–Trinajstić information content (AvgIpc) is 2.68. The summed E-state index contributed by atoms with van der Waals surface area (Å²) in [4.78, 5) is 15.6. The van der Waals surface area contributed by atoms with Crippen LogP contribution in [0.3, 0.4) is 0 Å². The molecule has 2 aromatic rings. The van der Waals surface area contributed by atoms with Crippen LogP contribution >= 0.6 is 11.6 Å². The lowest BCUT2D eigenvalue weighted by Crippen LogP contribution is -2.13. The standard InChI is InChI=1S/C10H9ClN4O/c1-6-2-7(4-8(11)3-6)9(16)14-10-12-5-13-15-10/h2-5H,1H3,(H2,12,13,14,15,16). The van der Waals surface area contributed by atoms with Crippen LogP contribution in [-0.2, 0) is 0 Å². The molecule has 5 nitrogen and oxygen atoms in total. The highest BCUT2D eigenvalue weighted by Crippen LogP contribution is 2.15. The van der Waals surface area contributed by atoms with Crippen molar-refractivity contribution in [3.63, 3.8) is 0 Å². The summed E-state index contributed by atoms with van der Waals surface area (Å²) in [7, 11) is 0. The van der Waals surface area contributed by atoms with Crippen LogP contribution in [0.1, 0.15) is 15.9 Å². The second kappa shape index (κ2) is 4.32. The van der Waals surface area contributed by atoms with Gasteiger partial charge in [0.1, 0.15) is 6.33 Å². The Labute approximate surface area is 96.8 Å². The number of carbonyl (C=O) groups excluding carboxylic acids is 1. The van der Waals surface area contributed by atoms with Gasteiger partial charge >= 0.3 is 0 Å². The van der Waals surface area contributed by atoms with Crippen LogP contribution in [0.5, 0.6) is 0 Å². The molecule has 0 atom stereocenters. The Balaban J connectivity index is 2.21. The van der Waals surface area contributed by atoms with E-state index in [-0.39, 0.29) is 5.91 Å². The maximum absolute atomic E-state index is 11.8. The normalized spacial score (nSPS) is 10.1. The predicted molar refractivity (Wildman–Crippen MR) is 60.5 cm³/mol. The molecule has 0 aliphatic rings. The van der Waals surface area contributed by atoms with Gasteiger partial charge < -0.3 is 0 Å². The van der Waals surface area contributed by atoms with Gasteiger partial charge in [0.05, 0.1) is 0 Å². The fourth-order valence-corrected chi connectivity index (χ4v) is 1.60. The summed E-state index contributed by atoms with van der Waals surface area (Å²) in [6, 6.07) is 5.13. The number of rotatable bonds is 2. The van der Waals surface area contributed by atoms with Crippen molar-refractivity contribution in [1.82, 2.24) is 15.2 Å². The summed E-state index contributed by atoms with van der Waals surface area (Å²) in [5.41, 5.74) is 1.41. The fraction of sp³-hybridized carbons (Fsp3) is 0.100. The van der Waals surface area contributed by atoms with E-state index in [2.05, 4.69) is 20.5 Å². The Kier molecular flexibility index (Phi) is 2.87. The first-order valence-corrected chi connectivity index (χ1v) is 4.97. The van der Waals surface area contributed by atoms with Gasteiger partial charge in [-0.15, -0.1) is 0 Å². The second-order valence-electron chi connectivity index (χ2n) is 3.31. The van der Waals surface area contributed by atoms with Crippen molar-refractivity contribution >= 4 is 23.5 Å². The molecule has 0 aliphatic heterocycles. The van der Waals surface area contributed by atoms with Crippen molar-refractivity contribution in [3.8, 4) is 0 Å². The fourth-order valence-electron chi connectivity index (χ4n) is 1.31. The molecule has 1 aromatic carbocycles. The SMILES string of the molecule is Cc1cc(Cl)cc(C(=O)Nc2ncn[nH]2)c1. The maximum Gasteiger partial charge on any atom is 0.258 e. The van der Waals surface area contributed by atoms with E-state index in [1.165, 1.54) is 6.33 Å².